The van der Waals surface area contributed by atoms with Crippen LogP contribution in [0, 0.1) is 5.82 Å². The molecule has 2 aromatic heterocycles. The van der Waals surface area contributed by atoms with Crippen LogP contribution in [0.25, 0.3) is 10.9 Å². The van der Waals surface area contributed by atoms with E-state index < -0.39 is 5.97 Å². The molecule has 4 rings (SSSR count). The van der Waals surface area contributed by atoms with E-state index in [2.05, 4.69) is 19.9 Å². The van der Waals surface area contributed by atoms with Crippen LogP contribution in [0.2, 0.25) is 0 Å². The molecule has 1 fully saturated rings. The van der Waals surface area contributed by atoms with Gasteiger partial charge in [0.05, 0.1) is 12.9 Å². The first-order valence-electron chi connectivity index (χ1n) is 9.23. The number of aromatic nitrogens is 4. The SMILES string of the molecule is CCOC(=O)c1ncn(C2CCN(c3ncnc4c(F)cccc34)CC2)c1N. The number of hydrogen-bond donors (Lipinski definition) is 1. The number of benzene rings is 1. The Kier molecular flexibility index (Phi) is 4.81. The second kappa shape index (κ2) is 7.41. The van der Waals surface area contributed by atoms with Crippen molar-refractivity contribution in [3.05, 3.63) is 42.4 Å². The summed E-state index contributed by atoms with van der Waals surface area (Å²) in [6.07, 6.45) is 4.58. The lowest BCUT2D eigenvalue weighted by Gasteiger charge is -2.34. The minimum atomic E-state index is -0.509. The van der Waals surface area contributed by atoms with Gasteiger partial charge in [-0.15, -0.1) is 0 Å². The van der Waals surface area contributed by atoms with Crippen LogP contribution in [0.3, 0.4) is 0 Å². The molecule has 0 saturated carbocycles. The Morgan fingerprint density at radius 2 is 2.07 bits per heavy atom. The van der Waals surface area contributed by atoms with Gasteiger partial charge in [-0.1, -0.05) is 6.07 Å². The van der Waals surface area contributed by atoms with Crippen LogP contribution < -0.4 is 10.6 Å². The summed E-state index contributed by atoms with van der Waals surface area (Å²) in [6, 6.07) is 5.02. The van der Waals surface area contributed by atoms with Crippen molar-refractivity contribution in [1.82, 2.24) is 19.5 Å². The highest BCUT2D eigenvalue weighted by molar-refractivity contribution is 5.92. The molecule has 2 N–H and O–H groups in total. The number of hydrogen-bond acceptors (Lipinski definition) is 7. The summed E-state index contributed by atoms with van der Waals surface area (Å²) in [4.78, 5) is 26.6. The summed E-state index contributed by atoms with van der Waals surface area (Å²) in [5.74, 6) is 0.194. The number of ether oxygens (including phenoxy) is 1. The fraction of sp³-hybridized carbons (Fsp3) is 0.368. The molecule has 0 atom stereocenters. The maximum atomic E-state index is 14.0. The Morgan fingerprint density at radius 3 is 2.82 bits per heavy atom. The number of nitrogen functional groups attached to an aromatic ring is 1. The third-order valence-corrected chi connectivity index (χ3v) is 5.05. The number of para-hydroxylation sites is 1. The zero-order chi connectivity index (χ0) is 19.7. The average molecular weight is 384 g/mol. The Balaban J connectivity index is 1.52. The molecule has 3 aromatic rings. The highest BCUT2D eigenvalue weighted by Gasteiger charge is 2.26. The monoisotopic (exact) mass is 384 g/mol. The number of piperidine rings is 1. The molecule has 1 aromatic carbocycles. The van der Waals surface area contributed by atoms with Crippen molar-refractivity contribution in [1.29, 1.82) is 0 Å². The van der Waals surface area contributed by atoms with Crippen LogP contribution in [0.1, 0.15) is 36.3 Å². The van der Waals surface area contributed by atoms with Gasteiger partial charge in [-0.3, -0.25) is 0 Å². The van der Waals surface area contributed by atoms with Crippen molar-refractivity contribution < 1.29 is 13.9 Å². The molecule has 9 heteroatoms. The third kappa shape index (κ3) is 3.12. The molecule has 1 aliphatic heterocycles. The lowest BCUT2D eigenvalue weighted by Crippen LogP contribution is -2.35. The van der Waals surface area contributed by atoms with E-state index in [0.717, 1.165) is 31.7 Å². The average Bonchev–Trinajstić information content (AvgIpc) is 3.10. The van der Waals surface area contributed by atoms with E-state index in [4.69, 9.17) is 10.5 Å². The largest absolute Gasteiger partial charge is 0.461 e. The summed E-state index contributed by atoms with van der Waals surface area (Å²) in [6.45, 7) is 3.46. The molecule has 0 bridgehead atoms. The van der Waals surface area contributed by atoms with Gasteiger partial charge in [0, 0.05) is 24.5 Å². The van der Waals surface area contributed by atoms with Crippen LogP contribution in [0.4, 0.5) is 16.0 Å². The minimum absolute atomic E-state index is 0.122. The summed E-state index contributed by atoms with van der Waals surface area (Å²) < 4.78 is 20.8. The van der Waals surface area contributed by atoms with Gasteiger partial charge in [0.15, 0.2) is 5.69 Å². The van der Waals surface area contributed by atoms with Crippen molar-refractivity contribution in [2.24, 2.45) is 0 Å². The van der Waals surface area contributed by atoms with E-state index in [9.17, 15) is 9.18 Å². The van der Waals surface area contributed by atoms with Crippen LogP contribution in [0.15, 0.2) is 30.9 Å². The maximum Gasteiger partial charge on any atom is 0.360 e. The number of nitrogens with two attached hydrogens (primary N) is 1. The number of esters is 1. The number of nitrogens with zero attached hydrogens (tertiary/aromatic N) is 5. The quantitative estimate of drug-likeness (QED) is 0.690. The predicted molar refractivity (Wildman–Crippen MR) is 103 cm³/mol. The number of carbonyl (C=O) groups is 1. The van der Waals surface area contributed by atoms with E-state index in [-0.39, 0.29) is 24.2 Å². The Hall–Kier alpha value is -3.23. The van der Waals surface area contributed by atoms with Crippen LogP contribution in [-0.4, -0.2) is 45.2 Å². The highest BCUT2D eigenvalue weighted by Crippen LogP contribution is 2.31. The van der Waals surface area contributed by atoms with Crippen molar-refractivity contribution in [3.8, 4) is 0 Å². The molecule has 28 heavy (non-hydrogen) atoms. The molecular weight excluding hydrogens is 363 g/mol. The number of fused-ring (bicyclic) bond motifs is 1. The zero-order valence-electron chi connectivity index (χ0n) is 15.5. The van der Waals surface area contributed by atoms with Crippen LogP contribution in [0.5, 0.6) is 0 Å². The van der Waals surface area contributed by atoms with Gasteiger partial charge in [0.1, 0.15) is 29.3 Å². The molecule has 0 radical (unpaired) electrons. The van der Waals surface area contributed by atoms with Gasteiger partial charge in [-0.05, 0) is 31.9 Å². The lowest BCUT2D eigenvalue weighted by atomic mass is 10.0. The first kappa shape index (κ1) is 18.1. The summed E-state index contributed by atoms with van der Waals surface area (Å²) in [7, 11) is 0. The molecule has 0 aliphatic carbocycles. The molecule has 0 spiro atoms. The number of rotatable bonds is 4. The zero-order valence-corrected chi connectivity index (χ0v) is 15.5. The fourth-order valence-electron chi connectivity index (χ4n) is 3.66. The van der Waals surface area contributed by atoms with E-state index in [1.807, 2.05) is 10.6 Å². The fourth-order valence-corrected chi connectivity index (χ4v) is 3.66. The van der Waals surface area contributed by atoms with Crippen molar-refractivity contribution >= 4 is 28.5 Å². The molecule has 8 nitrogen and oxygen atoms in total. The number of halogens is 1. The topological polar surface area (TPSA) is 99.2 Å². The minimum Gasteiger partial charge on any atom is -0.461 e. The number of imidazole rings is 1. The number of anilines is 2. The first-order chi connectivity index (χ1) is 13.6. The van der Waals surface area contributed by atoms with Gasteiger partial charge >= 0.3 is 5.97 Å². The van der Waals surface area contributed by atoms with Crippen LogP contribution >= 0.6 is 0 Å². The molecule has 1 aliphatic rings. The van der Waals surface area contributed by atoms with Gasteiger partial charge in [0.25, 0.3) is 0 Å². The summed E-state index contributed by atoms with van der Waals surface area (Å²) >= 11 is 0. The van der Waals surface area contributed by atoms with Crippen molar-refractivity contribution in [2.75, 3.05) is 30.3 Å². The van der Waals surface area contributed by atoms with E-state index in [1.54, 1.807) is 19.3 Å². The second-order valence-corrected chi connectivity index (χ2v) is 6.66. The van der Waals surface area contributed by atoms with Crippen molar-refractivity contribution in [3.63, 3.8) is 0 Å². The van der Waals surface area contributed by atoms with E-state index in [0.29, 0.717) is 16.7 Å². The molecule has 146 valence electrons. The van der Waals surface area contributed by atoms with Gasteiger partial charge in [-0.2, -0.15) is 0 Å². The Labute approximate surface area is 161 Å². The molecule has 0 unspecified atom stereocenters. The van der Waals surface area contributed by atoms with E-state index in [1.165, 1.54) is 12.4 Å². The highest BCUT2D eigenvalue weighted by atomic mass is 19.1. The van der Waals surface area contributed by atoms with Gasteiger partial charge < -0.3 is 19.9 Å². The molecular formula is C19H21FN6O2. The van der Waals surface area contributed by atoms with Crippen LogP contribution in [-0.2, 0) is 4.74 Å². The molecule has 1 saturated heterocycles. The first-order valence-corrected chi connectivity index (χ1v) is 9.23. The normalized spacial score (nSPS) is 15.1. The van der Waals surface area contributed by atoms with E-state index >= 15 is 0 Å². The van der Waals surface area contributed by atoms with Gasteiger partial charge in [0.2, 0.25) is 0 Å². The second-order valence-electron chi connectivity index (χ2n) is 6.66. The maximum absolute atomic E-state index is 14.0. The number of carbonyl (C=O) groups excluding carboxylic acids is 1. The summed E-state index contributed by atoms with van der Waals surface area (Å²) in [5.41, 5.74) is 6.61. The predicted octanol–water partition coefficient (Wildman–Crippen LogP) is 2.57. The molecule has 3 heterocycles. The molecule has 0 amide bonds. The smallest absolute Gasteiger partial charge is 0.360 e. The lowest BCUT2D eigenvalue weighted by molar-refractivity contribution is 0.0521. The van der Waals surface area contributed by atoms with Gasteiger partial charge in [-0.25, -0.2) is 24.1 Å². The standard InChI is InChI=1S/C19H21FN6O2/c1-2-28-19(27)16-17(21)26(11-24-16)12-6-8-25(9-7-12)18-13-4-3-5-14(20)15(13)22-10-23-18/h3-5,10-12H,2,6-9,21H2,1H3. The third-order valence-electron chi connectivity index (χ3n) is 5.05. The Morgan fingerprint density at radius 1 is 1.29 bits per heavy atom. The van der Waals surface area contributed by atoms with Crippen molar-refractivity contribution in [2.45, 2.75) is 25.8 Å². The summed E-state index contributed by atoms with van der Waals surface area (Å²) in [5, 5.41) is 0.702. The Bertz CT molecular complexity index is 1010.